The van der Waals surface area contributed by atoms with Crippen LogP contribution in [0.25, 0.3) is 0 Å². The van der Waals surface area contributed by atoms with E-state index in [1.807, 2.05) is 0 Å². The summed E-state index contributed by atoms with van der Waals surface area (Å²) in [5.41, 5.74) is 5.09. The highest BCUT2D eigenvalue weighted by Gasteiger charge is 2.36. The molecule has 1 aliphatic rings. The molecule has 0 radical (unpaired) electrons. The van der Waals surface area contributed by atoms with Crippen LogP contribution in [0, 0.1) is 11.2 Å². The molecule has 0 aliphatic heterocycles. The van der Waals surface area contributed by atoms with E-state index in [1.165, 1.54) is 18.2 Å². The van der Waals surface area contributed by atoms with Gasteiger partial charge in [0.2, 0.25) is 0 Å². The van der Waals surface area contributed by atoms with Crippen molar-refractivity contribution in [2.45, 2.75) is 45.1 Å². The zero-order chi connectivity index (χ0) is 15.7. The third kappa shape index (κ3) is 3.94. The Kier molecular flexibility index (Phi) is 4.23. The van der Waals surface area contributed by atoms with Gasteiger partial charge in [-0.1, -0.05) is 13.8 Å². The second-order valence-corrected chi connectivity index (χ2v) is 6.81. The van der Waals surface area contributed by atoms with Crippen molar-refractivity contribution in [1.29, 1.82) is 0 Å². The zero-order valence-electron chi connectivity index (χ0n) is 12.6. The fourth-order valence-electron chi connectivity index (χ4n) is 2.60. The molecule has 0 aromatic heterocycles. The van der Waals surface area contributed by atoms with Gasteiger partial charge in [0.15, 0.2) is 0 Å². The number of nitrogens with one attached hydrogen (secondary N) is 1. The van der Waals surface area contributed by atoms with Crippen LogP contribution < -0.4 is 11.1 Å². The summed E-state index contributed by atoms with van der Waals surface area (Å²) in [4.78, 5) is 12.0. The standard InChI is InChI=1S/C16H23FN2O2/c1-15(2)5-7-16(21,8-6-15)10-19-14(20)11-3-4-12(17)13(18)9-11/h3-4,9,21H,5-8,10,18H2,1-2H3,(H,19,20). The molecular formula is C16H23FN2O2. The second-order valence-electron chi connectivity index (χ2n) is 6.81. The molecule has 4 N–H and O–H groups in total. The monoisotopic (exact) mass is 294 g/mol. The maximum Gasteiger partial charge on any atom is 0.251 e. The third-order valence-corrected chi connectivity index (χ3v) is 4.37. The highest BCUT2D eigenvalue weighted by Crippen LogP contribution is 2.39. The molecule has 2 rings (SSSR count). The fraction of sp³-hybridized carbons (Fsp3) is 0.562. The predicted octanol–water partition coefficient (Wildman–Crippen LogP) is 2.47. The summed E-state index contributed by atoms with van der Waals surface area (Å²) >= 11 is 0. The summed E-state index contributed by atoms with van der Waals surface area (Å²) in [5, 5.41) is 13.2. The number of benzene rings is 1. The number of amides is 1. The lowest BCUT2D eigenvalue weighted by Crippen LogP contribution is -2.46. The topological polar surface area (TPSA) is 75.3 Å². The minimum Gasteiger partial charge on any atom is -0.396 e. The number of anilines is 1. The summed E-state index contributed by atoms with van der Waals surface area (Å²) in [6.07, 6.45) is 3.21. The Hall–Kier alpha value is -1.62. The van der Waals surface area contributed by atoms with E-state index in [0.717, 1.165) is 12.8 Å². The Bertz CT molecular complexity index is 533. The molecule has 1 saturated carbocycles. The van der Waals surface area contributed by atoms with Crippen LogP contribution in [0.4, 0.5) is 10.1 Å². The van der Waals surface area contributed by atoms with E-state index >= 15 is 0 Å². The number of hydrogen-bond acceptors (Lipinski definition) is 3. The van der Waals surface area contributed by atoms with Crippen LogP contribution in [0.15, 0.2) is 18.2 Å². The molecule has 0 saturated heterocycles. The average molecular weight is 294 g/mol. The molecule has 0 heterocycles. The van der Waals surface area contributed by atoms with E-state index in [0.29, 0.717) is 18.4 Å². The first-order chi connectivity index (χ1) is 9.71. The van der Waals surface area contributed by atoms with E-state index in [-0.39, 0.29) is 23.6 Å². The lowest BCUT2D eigenvalue weighted by Gasteiger charge is -2.40. The van der Waals surface area contributed by atoms with Gasteiger partial charge in [0, 0.05) is 12.1 Å². The Morgan fingerprint density at radius 2 is 1.95 bits per heavy atom. The van der Waals surface area contributed by atoms with Gasteiger partial charge in [-0.3, -0.25) is 4.79 Å². The van der Waals surface area contributed by atoms with E-state index in [4.69, 9.17) is 5.73 Å². The lowest BCUT2D eigenvalue weighted by molar-refractivity contribution is -0.0233. The van der Waals surface area contributed by atoms with Crippen molar-refractivity contribution in [2.75, 3.05) is 12.3 Å². The molecule has 1 aromatic rings. The SMILES string of the molecule is CC1(C)CCC(O)(CNC(=O)c2ccc(F)c(N)c2)CC1. The van der Waals surface area contributed by atoms with Crippen LogP contribution in [0.3, 0.4) is 0 Å². The van der Waals surface area contributed by atoms with Crippen molar-refractivity contribution in [3.8, 4) is 0 Å². The van der Waals surface area contributed by atoms with Crippen LogP contribution in [-0.2, 0) is 0 Å². The van der Waals surface area contributed by atoms with Crippen LogP contribution in [0.5, 0.6) is 0 Å². The van der Waals surface area contributed by atoms with Crippen molar-refractivity contribution in [3.05, 3.63) is 29.6 Å². The van der Waals surface area contributed by atoms with Gasteiger partial charge in [-0.05, 0) is 49.3 Å². The molecule has 0 atom stereocenters. The number of nitrogens with two attached hydrogens (primary N) is 1. The predicted molar refractivity (Wildman–Crippen MR) is 80.3 cm³/mol. The van der Waals surface area contributed by atoms with Gasteiger partial charge in [-0.15, -0.1) is 0 Å². The number of nitrogen functional groups attached to an aromatic ring is 1. The minimum atomic E-state index is -0.850. The number of carbonyl (C=O) groups is 1. The van der Waals surface area contributed by atoms with Crippen LogP contribution in [0.2, 0.25) is 0 Å². The van der Waals surface area contributed by atoms with Gasteiger partial charge >= 0.3 is 0 Å². The van der Waals surface area contributed by atoms with E-state index < -0.39 is 11.4 Å². The molecule has 1 fully saturated rings. The van der Waals surface area contributed by atoms with Crippen molar-refractivity contribution in [1.82, 2.24) is 5.32 Å². The van der Waals surface area contributed by atoms with Crippen LogP contribution in [0.1, 0.15) is 49.9 Å². The molecule has 1 amide bonds. The van der Waals surface area contributed by atoms with Crippen molar-refractivity contribution in [3.63, 3.8) is 0 Å². The molecule has 116 valence electrons. The maximum atomic E-state index is 13.1. The maximum absolute atomic E-state index is 13.1. The van der Waals surface area contributed by atoms with E-state index in [1.54, 1.807) is 0 Å². The summed E-state index contributed by atoms with van der Waals surface area (Å²) in [6, 6.07) is 3.86. The van der Waals surface area contributed by atoms with Gasteiger partial charge in [0.1, 0.15) is 5.82 Å². The molecule has 1 aliphatic carbocycles. The van der Waals surface area contributed by atoms with Crippen molar-refractivity contribution in [2.24, 2.45) is 5.41 Å². The highest BCUT2D eigenvalue weighted by molar-refractivity contribution is 5.95. The highest BCUT2D eigenvalue weighted by atomic mass is 19.1. The van der Waals surface area contributed by atoms with Gasteiger partial charge in [-0.2, -0.15) is 0 Å². The first kappa shape index (κ1) is 15.8. The van der Waals surface area contributed by atoms with Gasteiger partial charge < -0.3 is 16.2 Å². The van der Waals surface area contributed by atoms with E-state index in [9.17, 15) is 14.3 Å². The number of carbonyl (C=O) groups excluding carboxylic acids is 1. The summed E-state index contributed by atoms with van der Waals surface area (Å²) in [6.45, 7) is 4.58. The first-order valence-corrected chi connectivity index (χ1v) is 7.26. The normalized spacial score (nSPS) is 20.0. The molecule has 0 spiro atoms. The molecular weight excluding hydrogens is 271 g/mol. The fourth-order valence-corrected chi connectivity index (χ4v) is 2.60. The minimum absolute atomic E-state index is 0.0548. The molecule has 21 heavy (non-hydrogen) atoms. The van der Waals surface area contributed by atoms with E-state index in [2.05, 4.69) is 19.2 Å². The summed E-state index contributed by atoms with van der Waals surface area (Å²) in [7, 11) is 0. The average Bonchev–Trinajstić information content (AvgIpc) is 2.43. The van der Waals surface area contributed by atoms with Crippen LogP contribution >= 0.6 is 0 Å². The Morgan fingerprint density at radius 1 is 1.33 bits per heavy atom. The molecule has 4 nitrogen and oxygen atoms in total. The number of hydrogen-bond donors (Lipinski definition) is 3. The van der Waals surface area contributed by atoms with Gasteiger partial charge in [-0.25, -0.2) is 4.39 Å². The zero-order valence-corrected chi connectivity index (χ0v) is 12.6. The molecule has 1 aromatic carbocycles. The van der Waals surface area contributed by atoms with Gasteiger partial charge in [0.25, 0.3) is 5.91 Å². The Labute approximate surface area is 124 Å². The van der Waals surface area contributed by atoms with Crippen molar-refractivity contribution < 1.29 is 14.3 Å². The lowest BCUT2D eigenvalue weighted by atomic mass is 9.71. The largest absolute Gasteiger partial charge is 0.396 e. The molecule has 5 heteroatoms. The van der Waals surface area contributed by atoms with Gasteiger partial charge in [0.05, 0.1) is 11.3 Å². The summed E-state index contributed by atoms with van der Waals surface area (Å²) in [5.74, 6) is -0.889. The van der Waals surface area contributed by atoms with Crippen molar-refractivity contribution >= 4 is 11.6 Å². The number of halogens is 1. The summed E-state index contributed by atoms with van der Waals surface area (Å²) < 4.78 is 13.1. The Morgan fingerprint density at radius 3 is 2.52 bits per heavy atom. The third-order valence-electron chi connectivity index (χ3n) is 4.37. The second kappa shape index (κ2) is 5.64. The molecule has 0 unspecified atom stereocenters. The first-order valence-electron chi connectivity index (χ1n) is 7.26. The Balaban J connectivity index is 1.93. The smallest absolute Gasteiger partial charge is 0.251 e. The number of rotatable bonds is 3. The number of aliphatic hydroxyl groups is 1. The quantitative estimate of drug-likeness (QED) is 0.750. The van der Waals surface area contributed by atoms with Crippen LogP contribution in [-0.4, -0.2) is 23.2 Å². The molecule has 0 bridgehead atoms.